The minimum absolute atomic E-state index is 0.106. The van der Waals surface area contributed by atoms with Gasteiger partial charge in [0, 0.05) is 11.3 Å². The normalized spacial score (nSPS) is 18.9. The Morgan fingerprint density at radius 2 is 2.20 bits per heavy atom. The van der Waals surface area contributed by atoms with Crippen LogP contribution in [0.1, 0.15) is 35.2 Å². The molecule has 2 atom stereocenters. The highest BCUT2D eigenvalue weighted by Gasteiger charge is 2.26. The standard InChI is InChI=1S/C16H17NO2S/c17-16(15-6-3-9-20-15)13(18)10-11-7-8-19-14-5-2-1-4-12(11)14/h1-6,9,11,16H,7-8,10,17H2. The molecule has 0 amide bonds. The molecule has 0 saturated heterocycles. The molecule has 20 heavy (non-hydrogen) atoms. The Hall–Kier alpha value is -1.65. The van der Waals surface area contributed by atoms with Crippen LogP contribution in [-0.2, 0) is 4.79 Å². The lowest BCUT2D eigenvalue weighted by Crippen LogP contribution is -2.24. The molecule has 1 aromatic heterocycles. The predicted molar refractivity (Wildman–Crippen MR) is 80.2 cm³/mol. The van der Waals surface area contributed by atoms with E-state index < -0.39 is 6.04 Å². The van der Waals surface area contributed by atoms with Gasteiger partial charge in [0.2, 0.25) is 0 Å². The highest BCUT2D eigenvalue weighted by Crippen LogP contribution is 2.36. The van der Waals surface area contributed by atoms with Crippen LogP contribution in [0.3, 0.4) is 0 Å². The third kappa shape index (κ3) is 2.62. The van der Waals surface area contributed by atoms with Crippen LogP contribution in [0, 0.1) is 0 Å². The molecule has 2 heterocycles. The van der Waals surface area contributed by atoms with Gasteiger partial charge in [-0.2, -0.15) is 0 Å². The minimum atomic E-state index is -0.495. The number of fused-ring (bicyclic) bond motifs is 1. The molecule has 2 unspecified atom stereocenters. The van der Waals surface area contributed by atoms with E-state index in [0.717, 1.165) is 22.6 Å². The van der Waals surface area contributed by atoms with Gasteiger partial charge < -0.3 is 10.5 Å². The van der Waals surface area contributed by atoms with Crippen molar-refractivity contribution in [1.29, 1.82) is 0 Å². The predicted octanol–water partition coefficient (Wildman–Crippen LogP) is 3.27. The second kappa shape index (κ2) is 5.77. The molecular formula is C16H17NO2S. The van der Waals surface area contributed by atoms with Crippen LogP contribution in [0.5, 0.6) is 5.75 Å². The summed E-state index contributed by atoms with van der Waals surface area (Å²) in [5, 5.41) is 1.95. The van der Waals surface area contributed by atoms with E-state index in [-0.39, 0.29) is 11.7 Å². The monoisotopic (exact) mass is 287 g/mol. The summed E-state index contributed by atoms with van der Waals surface area (Å²) < 4.78 is 5.63. The largest absolute Gasteiger partial charge is 0.493 e. The summed E-state index contributed by atoms with van der Waals surface area (Å²) in [6, 6.07) is 11.3. The highest BCUT2D eigenvalue weighted by atomic mass is 32.1. The summed E-state index contributed by atoms with van der Waals surface area (Å²) in [5.74, 6) is 1.23. The number of carbonyl (C=O) groups excluding carboxylic acids is 1. The number of para-hydroxylation sites is 1. The Kier molecular flexibility index (Phi) is 3.85. The first-order chi connectivity index (χ1) is 9.75. The molecule has 2 N–H and O–H groups in total. The van der Waals surface area contributed by atoms with Gasteiger partial charge in [-0.05, 0) is 35.4 Å². The molecule has 1 aromatic carbocycles. The number of Topliss-reactive ketones (excluding diaryl/α,β-unsaturated/α-hetero) is 1. The average molecular weight is 287 g/mol. The van der Waals surface area contributed by atoms with Crippen LogP contribution in [0.2, 0.25) is 0 Å². The number of rotatable bonds is 4. The molecule has 0 spiro atoms. The summed E-state index contributed by atoms with van der Waals surface area (Å²) >= 11 is 1.54. The molecule has 3 nitrogen and oxygen atoms in total. The van der Waals surface area contributed by atoms with E-state index in [1.165, 1.54) is 11.3 Å². The van der Waals surface area contributed by atoms with Crippen LogP contribution in [0.4, 0.5) is 0 Å². The van der Waals surface area contributed by atoms with Crippen LogP contribution in [-0.4, -0.2) is 12.4 Å². The van der Waals surface area contributed by atoms with E-state index >= 15 is 0 Å². The first kappa shape index (κ1) is 13.3. The third-order valence-corrected chi connectivity index (χ3v) is 4.68. The van der Waals surface area contributed by atoms with Crippen LogP contribution in [0.15, 0.2) is 41.8 Å². The van der Waals surface area contributed by atoms with Gasteiger partial charge in [-0.15, -0.1) is 11.3 Å². The Morgan fingerprint density at radius 3 is 3.00 bits per heavy atom. The van der Waals surface area contributed by atoms with E-state index in [2.05, 4.69) is 0 Å². The van der Waals surface area contributed by atoms with Gasteiger partial charge in [0.1, 0.15) is 5.75 Å². The molecule has 3 rings (SSSR count). The lowest BCUT2D eigenvalue weighted by atomic mass is 9.87. The van der Waals surface area contributed by atoms with Crippen molar-refractivity contribution in [2.45, 2.75) is 24.8 Å². The van der Waals surface area contributed by atoms with Gasteiger partial charge in [0.25, 0.3) is 0 Å². The minimum Gasteiger partial charge on any atom is -0.493 e. The summed E-state index contributed by atoms with van der Waals surface area (Å²) in [5.41, 5.74) is 7.18. The first-order valence-electron chi connectivity index (χ1n) is 6.79. The van der Waals surface area contributed by atoms with Crippen molar-refractivity contribution in [2.75, 3.05) is 6.61 Å². The van der Waals surface area contributed by atoms with Crippen molar-refractivity contribution in [3.63, 3.8) is 0 Å². The summed E-state index contributed by atoms with van der Waals surface area (Å²) in [6.45, 7) is 0.670. The molecule has 0 bridgehead atoms. The zero-order chi connectivity index (χ0) is 13.9. The number of nitrogens with two attached hydrogens (primary N) is 1. The summed E-state index contributed by atoms with van der Waals surface area (Å²) in [6.07, 6.45) is 1.36. The lowest BCUT2D eigenvalue weighted by Gasteiger charge is -2.26. The number of benzene rings is 1. The number of thiophene rings is 1. The lowest BCUT2D eigenvalue weighted by molar-refractivity contribution is -0.120. The Morgan fingerprint density at radius 1 is 1.35 bits per heavy atom. The fourth-order valence-electron chi connectivity index (χ4n) is 2.62. The van der Waals surface area contributed by atoms with Crippen molar-refractivity contribution in [2.24, 2.45) is 5.73 Å². The highest BCUT2D eigenvalue weighted by molar-refractivity contribution is 7.10. The SMILES string of the molecule is NC(C(=O)CC1CCOc2ccccc21)c1cccs1. The molecular weight excluding hydrogens is 270 g/mol. The van der Waals surface area contributed by atoms with Gasteiger partial charge in [0.15, 0.2) is 5.78 Å². The first-order valence-corrected chi connectivity index (χ1v) is 7.67. The molecule has 1 aliphatic rings. The smallest absolute Gasteiger partial charge is 0.155 e. The zero-order valence-corrected chi connectivity index (χ0v) is 11.9. The van der Waals surface area contributed by atoms with E-state index in [1.807, 2.05) is 41.8 Å². The maximum absolute atomic E-state index is 12.4. The van der Waals surface area contributed by atoms with E-state index in [1.54, 1.807) is 0 Å². The average Bonchev–Trinajstić information content (AvgIpc) is 3.01. The molecule has 0 aliphatic carbocycles. The topological polar surface area (TPSA) is 52.3 Å². The van der Waals surface area contributed by atoms with Gasteiger partial charge in [-0.25, -0.2) is 0 Å². The number of hydrogen-bond acceptors (Lipinski definition) is 4. The third-order valence-electron chi connectivity index (χ3n) is 3.73. The molecule has 104 valence electrons. The molecule has 2 aromatic rings. The van der Waals surface area contributed by atoms with E-state index in [9.17, 15) is 4.79 Å². The van der Waals surface area contributed by atoms with Crippen LogP contribution >= 0.6 is 11.3 Å². The number of carbonyl (C=O) groups is 1. The molecule has 0 fully saturated rings. The zero-order valence-electron chi connectivity index (χ0n) is 11.1. The van der Waals surface area contributed by atoms with E-state index in [0.29, 0.717) is 13.0 Å². The number of hydrogen-bond donors (Lipinski definition) is 1. The van der Waals surface area contributed by atoms with Gasteiger partial charge >= 0.3 is 0 Å². The van der Waals surface area contributed by atoms with Gasteiger partial charge in [-0.1, -0.05) is 24.3 Å². The second-order valence-electron chi connectivity index (χ2n) is 5.04. The quantitative estimate of drug-likeness (QED) is 0.939. The maximum Gasteiger partial charge on any atom is 0.155 e. The van der Waals surface area contributed by atoms with Crippen LogP contribution < -0.4 is 10.5 Å². The molecule has 4 heteroatoms. The molecule has 0 saturated carbocycles. The van der Waals surface area contributed by atoms with Crippen molar-refractivity contribution in [3.05, 3.63) is 52.2 Å². The van der Waals surface area contributed by atoms with Gasteiger partial charge in [-0.3, -0.25) is 4.79 Å². The van der Waals surface area contributed by atoms with Crippen LogP contribution in [0.25, 0.3) is 0 Å². The fraction of sp³-hybridized carbons (Fsp3) is 0.312. The molecule has 1 aliphatic heterocycles. The van der Waals surface area contributed by atoms with Crippen molar-refractivity contribution in [3.8, 4) is 5.75 Å². The van der Waals surface area contributed by atoms with Crippen molar-refractivity contribution >= 4 is 17.1 Å². The Labute approximate surface area is 122 Å². The number of ketones is 1. The fourth-order valence-corrected chi connectivity index (χ4v) is 3.37. The van der Waals surface area contributed by atoms with Crippen molar-refractivity contribution < 1.29 is 9.53 Å². The summed E-state index contributed by atoms with van der Waals surface area (Å²) in [7, 11) is 0. The maximum atomic E-state index is 12.4. The molecule has 0 radical (unpaired) electrons. The Balaban J connectivity index is 1.74. The Bertz CT molecular complexity index is 594. The van der Waals surface area contributed by atoms with Gasteiger partial charge in [0.05, 0.1) is 12.6 Å². The van der Waals surface area contributed by atoms with Crippen molar-refractivity contribution in [1.82, 2.24) is 0 Å². The van der Waals surface area contributed by atoms with E-state index in [4.69, 9.17) is 10.5 Å². The number of ether oxygens (including phenoxy) is 1. The second-order valence-corrected chi connectivity index (χ2v) is 6.01. The summed E-state index contributed by atoms with van der Waals surface area (Å²) in [4.78, 5) is 13.3.